The second-order valence-electron chi connectivity index (χ2n) is 5.23. The first-order valence-electron chi connectivity index (χ1n) is 6.89. The lowest BCUT2D eigenvalue weighted by Gasteiger charge is -2.33. The summed E-state index contributed by atoms with van der Waals surface area (Å²) in [6, 6.07) is 8.79. The normalized spacial score (nSPS) is 20.8. The summed E-state index contributed by atoms with van der Waals surface area (Å²) in [6.07, 6.45) is 6.72. The van der Waals surface area contributed by atoms with Crippen LogP contribution >= 0.6 is 0 Å². The summed E-state index contributed by atoms with van der Waals surface area (Å²) in [4.78, 5) is 13.0. The third kappa shape index (κ3) is 4.21. The van der Waals surface area contributed by atoms with Crippen LogP contribution in [0, 0.1) is 0 Å². The SMILES string of the molecule is CC1CCCCN1Cc1ccc(C=CC(=O)O)cc1. The second-order valence-corrected chi connectivity index (χ2v) is 5.23. The van der Waals surface area contributed by atoms with Gasteiger partial charge < -0.3 is 5.11 Å². The average molecular weight is 259 g/mol. The molecule has 1 unspecified atom stereocenters. The Morgan fingerprint density at radius 2 is 2.11 bits per heavy atom. The van der Waals surface area contributed by atoms with Gasteiger partial charge in [-0.2, -0.15) is 0 Å². The molecule has 1 N–H and O–H groups in total. The molecule has 3 nitrogen and oxygen atoms in total. The van der Waals surface area contributed by atoms with E-state index in [0.717, 1.165) is 12.1 Å². The largest absolute Gasteiger partial charge is 0.478 e. The first-order chi connectivity index (χ1) is 9.15. The van der Waals surface area contributed by atoms with E-state index < -0.39 is 5.97 Å². The van der Waals surface area contributed by atoms with Crippen LogP contribution in [0.15, 0.2) is 30.3 Å². The van der Waals surface area contributed by atoms with Crippen LogP contribution in [0.1, 0.15) is 37.3 Å². The van der Waals surface area contributed by atoms with E-state index in [9.17, 15) is 4.79 Å². The van der Waals surface area contributed by atoms with Crippen molar-refractivity contribution in [3.63, 3.8) is 0 Å². The van der Waals surface area contributed by atoms with Crippen molar-refractivity contribution in [3.8, 4) is 0 Å². The fourth-order valence-corrected chi connectivity index (χ4v) is 2.53. The Kier molecular flexibility index (Phi) is 4.74. The van der Waals surface area contributed by atoms with Crippen molar-refractivity contribution in [2.24, 2.45) is 0 Å². The summed E-state index contributed by atoms with van der Waals surface area (Å²) in [5.41, 5.74) is 2.22. The Morgan fingerprint density at radius 1 is 1.37 bits per heavy atom. The van der Waals surface area contributed by atoms with E-state index in [1.807, 2.05) is 12.1 Å². The molecule has 0 aromatic heterocycles. The third-order valence-corrected chi connectivity index (χ3v) is 3.72. The van der Waals surface area contributed by atoms with Crippen molar-refractivity contribution in [3.05, 3.63) is 41.5 Å². The third-order valence-electron chi connectivity index (χ3n) is 3.72. The Bertz CT molecular complexity index is 450. The van der Waals surface area contributed by atoms with Crippen LogP contribution in [0.4, 0.5) is 0 Å². The van der Waals surface area contributed by atoms with Gasteiger partial charge in [-0.3, -0.25) is 4.90 Å². The van der Waals surface area contributed by atoms with Crippen molar-refractivity contribution in [2.75, 3.05) is 6.54 Å². The number of benzene rings is 1. The van der Waals surface area contributed by atoms with E-state index >= 15 is 0 Å². The van der Waals surface area contributed by atoms with Crippen molar-refractivity contribution in [1.82, 2.24) is 4.90 Å². The van der Waals surface area contributed by atoms with Gasteiger partial charge in [0.15, 0.2) is 0 Å². The fraction of sp³-hybridized carbons (Fsp3) is 0.438. The zero-order chi connectivity index (χ0) is 13.7. The van der Waals surface area contributed by atoms with Crippen molar-refractivity contribution in [2.45, 2.75) is 38.8 Å². The Labute approximate surface area is 114 Å². The number of hydrogen-bond donors (Lipinski definition) is 1. The minimum absolute atomic E-state index is 0.667. The number of rotatable bonds is 4. The van der Waals surface area contributed by atoms with Crippen LogP contribution in [0.5, 0.6) is 0 Å². The van der Waals surface area contributed by atoms with Gasteiger partial charge in [0.25, 0.3) is 0 Å². The van der Waals surface area contributed by atoms with Crippen LogP contribution < -0.4 is 0 Å². The smallest absolute Gasteiger partial charge is 0.328 e. The van der Waals surface area contributed by atoms with Gasteiger partial charge in [-0.05, 0) is 43.5 Å². The van der Waals surface area contributed by atoms with Crippen molar-refractivity contribution in [1.29, 1.82) is 0 Å². The van der Waals surface area contributed by atoms with Gasteiger partial charge in [0.1, 0.15) is 0 Å². The predicted octanol–water partition coefficient (Wildman–Crippen LogP) is 3.16. The van der Waals surface area contributed by atoms with Gasteiger partial charge in [0, 0.05) is 18.7 Å². The van der Waals surface area contributed by atoms with Crippen LogP contribution in [0.3, 0.4) is 0 Å². The van der Waals surface area contributed by atoms with Crippen molar-refractivity contribution < 1.29 is 9.90 Å². The molecule has 0 radical (unpaired) electrons. The molecule has 19 heavy (non-hydrogen) atoms. The zero-order valence-electron chi connectivity index (χ0n) is 11.4. The molecule has 1 saturated heterocycles. The monoisotopic (exact) mass is 259 g/mol. The van der Waals surface area contributed by atoms with E-state index in [2.05, 4.69) is 24.0 Å². The number of aliphatic carboxylic acids is 1. The average Bonchev–Trinajstić information content (AvgIpc) is 2.40. The van der Waals surface area contributed by atoms with Crippen LogP contribution in [0.25, 0.3) is 6.08 Å². The van der Waals surface area contributed by atoms with Gasteiger partial charge in [0.2, 0.25) is 0 Å². The molecule has 0 amide bonds. The summed E-state index contributed by atoms with van der Waals surface area (Å²) in [6.45, 7) is 4.47. The number of piperidine rings is 1. The van der Waals surface area contributed by atoms with Crippen LogP contribution in [0.2, 0.25) is 0 Å². The van der Waals surface area contributed by atoms with E-state index in [0.29, 0.717) is 6.04 Å². The number of nitrogens with zero attached hydrogens (tertiary/aromatic N) is 1. The Hall–Kier alpha value is -1.61. The lowest BCUT2D eigenvalue weighted by Crippen LogP contribution is -2.36. The molecule has 1 fully saturated rings. The van der Waals surface area contributed by atoms with Gasteiger partial charge in [-0.15, -0.1) is 0 Å². The quantitative estimate of drug-likeness (QED) is 0.844. The lowest BCUT2D eigenvalue weighted by molar-refractivity contribution is -0.131. The summed E-state index contributed by atoms with van der Waals surface area (Å²) in [5, 5.41) is 8.58. The highest BCUT2D eigenvalue weighted by atomic mass is 16.4. The molecule has 102 valence electrons. The predicted molar refractivity (Wildman–Crippen MR) is 76.8 cm³/mol. The van der Waals surface area contributed by atoms with Gasteiger partial charge in [-0.1, -0.05) is 30.7 Å². The van der Waals surface area contributed by atoms with Gasteiger partial charge in [0.05, 0.1) is 0 Å². The maximum Gasteiger partial charge on any atom is 0.328 e. The number of hydrogen-bond acceptors (Lipinski definition) is 2. The molecule has 1 aliphatic rings. The molecule has 1 heterocycles. The molecule has 1 aliphatic heterocycles. The topological polar surface area (TPSA) is 40.5 Å². The highest BCUT2D eigenvalue weighted by Gasteiger charge is 2.17. The lowest BCUT2D eigenvalue weighted by atomic mass is 10.0. The van der Waals surface area contributed by atoms with E-state index in [1.165, 1.54) is 37.4 Å². The summed E-state index contributed by atoms with van der Waals surface area (Å²) in [7, 11) is 0. The molecule has 1 atom stereocenters. The number of carboxylic acids is 1. The van der Waals surface area contributed by atoms with Gasteiger partial charge >= 0.3 is 5.97 Å². The maximum absolute atomic E-state index is 10.4. The first kappa shape index (κ1) is 13.8. The highest BCUT2D eigenvalue weighted by Crippen LogP contribution is 2.19. The molecule has 0 bridgehead atoms. The van der Waals surface area contributed by atoms with E-state index in [-0.39, 0.29) is 0 Å². The molecule has 0 aliphatic carbocycles. The molecule has 0 spiro atoms. The summed E-state index contributed by atoms with van der Waals surface area (Å²) in [5.74, 6) is -0.911. The van der Waals surface area contributed by atoms with Crippen LogP contribution in [-0.4, -0.2) is 28.6 Å². The van der Waals surface area contributed by atoms with Gasteiger partial charge in [-0.25, -0.2) is 4.79 Å². The second kappa shape index (κ2) is 6.53. The van der Waals surface area contributed by atoms with Crippen LogP contribution in [-0.2, 0) is 11.3 Å². The molecule has 1 aromatic carbocycles. The summed E-state index contributed by atoms with van der Waals surface area (Å²) >= 11 is 0. The Morgan fingerprint density at radius 3 is 2.74 bits per heavy atom. The molecule has 3 heteroatoms. The Balaban J connectivity index is 1.96. The molecular formula is C16H21NO2. The molecular weight excluding hydrogens is 238 g/mol. The zero-order valence-corrected chi connectivity index (χ0v) is 11.4. The minimum Gasteiger partial charge on any atom is -0.478 e. The fourth-order valence-electron chi connectivity index (χ4n) is 2.53. The van der Waals surface area contributed by atoms with E-state index in [4.69, 9.17) is 5.11 Å². The van der Waals surface area contributed by atoms with E-state index in [1.54, 1.807) is 6.08 Å². The first-order valence-corrected chi connectivity index (χ1v) is 6.89. The number of carbonyl (C=O) groups is 1. The minimum atomic E-state index is -0.911. The van der Waals surface area contributed by atoms with Crippen molar-refractivity contribution >= 4 is 12.0 Å². The standard InChI is InChI=1S/C16H21NO2/c1-13-4-2-3-11-17(13)12-15-7-5-14(6-8-15)9-10-16(18)19/h5-10,13H,2-4,11-12H2,1H3,(H,18,19). The maximum atomic E-state index is 10.4. The molecule has 2 rings (SSSR count). The highest BCUT2D eigenvalue weighted by molar-refractivity contribution is 5.85. The molecule has 1 aromatic rings. The molecule has 0 saturated carbocycles. The summed E-state index contributed by atoms with van der Waals surface area (Å²) < 4.78 is 0. The number of carboxylic acid groups (broad SMARTS) is 1. The number of likely N-dealkylation sites (tertiary alicyclic amines) is 1.